The monoisotopic (exact) mass is 428 g/mol. The first kappa shape index (κ1) is 20.4. The molecule has 162 valence electrons. The third kappa shape index (κ3) is 4.28. The summed E-state index contributed by atoms with van der Waals surface area (Å²) in [7, 11) is 0. The Bertz CT molecular complexity index is 1240. The van der Waals surface area contributed by atoms with Gasteiger partial charge in [0.1, 0.15) is 18.1 Å². The average Bonchev–Trinajstić information content (AvgIpc) is 2.84. The standard InChI is InChI=1S/C26H24N2O4/c29-14-17-9-10-27-21(11-17)12-19-15-32-25-8-7-22(13-23(25)26(19)30)31-16-20-6-5-18-3-1-2-4-24(18)28-20/h1-11,13,19,26,29-30H,12,14-16H2/t19-,26+/m0/s1. The lowest BCUT2D eigenvalue weighted by Crippen LogP contribution is -2.28. The van der Waals surface area contributed by atoms with Gasteiger partial charge in [0.2, 0.25) is 0 Å². The molecule has 0 unspecified atom stereocenters. The quantitative estimate of drug-likeness (QED) is 0.483. The van der Waals surface area contributed by atoms with E-state index in [-0.39, 0.29) is 12.5 Å². The second-order valence-electron chi connectivity index (χ2n) is 8.02. The van der Waals surface area contributed by atoms with Crippen LogP contribution in [-0.4, -0.2) is 26.8 Å². The Morgan fingerprint density at radius 1 is 1.00 bits per heavy atom. The van der Waals surface area contributed by atoms with Gasteiger partial charge in [-0.15, -0.1) is 0 Å². The van der Waals surface area contributed by atoms with E-state index < -0.39 is 6.10 Å². The van der Waals surface area contributed by atoms with Gasteiger partial charge in [0, 0.05) is 28.8 Å². The average molecular weight is 428 g/mol. The van der Waals surface area contributed by atoms with Gasteiger partial charge in [-0.25, -0.2) is 4.98 Å². The Balaban J connectivity index is 1.30. The lowest BCUT2D eigenvalue weighted by molar-refractivity contribution is 0.0499. The molecule has 1 aliphatic heterocycles. The molecule has 2 atom stereocenters. The second-order valence-corrected chi connectivity index (χ2v) is 8.02. The Morgan fingerprint density at radius 2 is 1.91 bits per heavy atom. The van der Waals surface area contributed by atoms with Crippen LogP contribution in [0, 0.1) is 5.92 Å². The predicted octanol–water partition coefficient (Wildman–Crippen LogP) is 3.99. The van der Waals surface area contributed by atoms with Crippen molar-refractivity contribution in [3.05, 3.63) is 95.4 Å². The highest BCUT2D eigenvalue weighted by Crippen LogP contribution is 2.39. The van der Waals surface area contributed by atoms with Crippen molar-refractivity contribution in [2.45, 2.75) is 25.7 Å². The number of hydrogen-bond donors (Lipinski definition) is 2. The minimum Gasteiger partial charge on any atom is -0.493 e. The predicted molar refractivity (Wildman–Crippen MR) is 120 cm³/mol. The summed E-state index contributed by atoms with van der Waals surface area (Å²) in [6.45, 7) is 0.705. The van der Waals surface area contributed by atoms with Crippen LogP contribution in [0.4, 0.5) is 0 Å². The molecule has 2 aromatic heterocycles. The van der Waals surface area contributed by atoms with Gasteiger partial charge in [-0.2, -0.15) is 0 Å². The van der Waals surface area contributed by atoms with E-state index in [2.05, 4.69) is 9.97 Å². The molecule has 2 aromatic carbocycles. The maximum atomic E-state index is 11.0. The number of aromatic nitrogens is 2. The van der Waals surface area contributed by atoms with Gasteiger partial charge >= 0.3 is 0 Å². The van der Waals surface area contributed by atoms with Crippen molar-refractivity contribution in [1.82, 2.24) is 9.97 Å². The van der Waals surface area contributed by atoms with Crippen molar-refractivity contribution >= 4 is 10.9 Å². The van der Waals surface area contributed by atoms with Crippen LogP contribution in [0.1, 0.15) is 28.6 Å². The molecule has 32 heavy (non-hydrogen) atoms. The summed E-state index contributed by atoms with van der Waals surface area (Å²) in [5.74, 6) is 1.19. The number of rotatable bonds is 6. The molecular formula is C26H24N2O4. The zero-order chi connectivity index (χ0) is 21.9. The van der Waals surface area contributed by atoms with Crippen molar-refractivity contribution in [3.8, 4) is 11.5 Å². The van der Waals surface area contributed by atoms with Gasteiger partial charge < -0.3 is 19.7 Å². The number of benzene rings is 2. The smallest absolute Gasteiger partial charge is 0.130 e. The van der Waals surface area contributed by atoms with E-state index in [4.69, 9.17) is 9.47 Å². The van der Waals surface area contributed by atoms with E-state index in [1.54, 1.807) is 12.3 Å². The van der Waals surface area contributed by atoms with Crippen LogP contribution in [0.2, 0.25) is 0 Å². The fraction of sp³-hybridized carbons (Fsp3) is 0.231. The molecule has 0 saturated heterocycles. The van der Waals surface area contributed by atoms with E-state index in [1.807, 2.05) is 60.7 Å². The maximum Gasteiger partial charge on any atom is 0.130 e. The highest BCUT2D eigenvalue weighted by molar-refractivity contribution is 5.78. The topological polar surface area (TPSA) is 84.7 Å². The molecule has 6 nitrogen and oxygen atoms in total. The molecule has 0 spiro atoms. The van der Waals surface area contributed by atoms with Gasteiger partial charge in [0.25, 0.3) is 0 Å². The van der Waals surface area contributed by atoms with Gasteiger partial charge in [-0.1, -0.05) is 24.3 Å². The van der Waals surface area contributed by atoms with Gasteiger partial charge in [0.15, 0.2) is 0 Å². The number of ether oxygens (including phenoxy) is 2. The molecule has 3 heterocycles. The van der Waals surface area contributed by atoms with Crippen LogP contribution in [0.25, 0.3) is 10.9 Å². The third-order valence-electron chi connectivity index (χ3n) is 5.78. The molecule has 0 aliphatic carbocycles. The first-order valence-corrected chi connectivity index (χ1v) is 10.7. The minimum atomic E-state index is -0.694. The summed E-state index contributed by atoms with van der Waals surface area (Å²) in [5, 5.41) is 21.5. The third-order valence-corrected chi connectivity index (χ3v) is 5.78. The number of pyridine rings is 2. The summed E-state index contributed by atoms with van der Waals surface area (Å²) < 4.78 is 11.9. The van der Waals surface area contributed by atoms with E-state index in [0.29, 0.717) is 36.7 Å². The summed E-state index contributed by atoms with van der Waals surface area (Å²) in [5.41, 5.74) is 4.11. The number of hydrogen-bond acceptors (Lipinski definition) is 6. The zero-order valence-corrected chi connectivity index (χ0v) is 17.5. The van der Waals surface area contributed by atoms with E-state index >= 15 is 0 Å². The Kier molecular flexibility index (Phi) is 5.71. The SMILES string of the molecule is OCc1ccnc(C[C@H]2COc3ccc(OCc4ccc5ccccc5n4)cc3[C@@H]2O)c1. The van der Waals surface area contributed by atoms with E-state index in [0.717, 1.165) is 27.9 Å². The fourth-order valence-corrected chi connectivity index (χ4v) is 4.04. The van der Waals surface area contributed by atoms with Crippen molar-refractivity contribution < 1.29 is 19.7 Å². The Morgan fingerprint density at radius 3 is 2.81 bits per heavy atom. The van der Waals surface area contributed by atoms with Crippen LogP contribution in [0.5, 0.6) is 11.5 Å². The Hall–Kier alpha value is -3.48. The van der Waals surface area contributed by atoms with E-state index in [9.17, 15) is 10.2 Å². The molecule has 4 aromatic rings. The number of para-hydroxylation sites is 1. The lowest BCUT2D eigenvalue weighted by Gasteiger charge is -2.30. The fourth-order valence-electron chi connectivity index (χ4n) is 4.04. The highest BCUT2D eigenvalue weighted by atomic mass is 16.5. The molecule has 6 heteroatoms. The molecule has 5 rings (SSSR count). The Labute approximate surface area is 186 Å². The zero-order valence-electron chi connectivity index (χ0n) is 17.5. The minimum absolute atomic E-state index is 0.0329. The van der Waals surface area contributed by atoms with Crippen LogP contribution < -0.4 is 9.47 Å². The summed E-state index contributed by atoms with van der Waals surface area (Å²) in [4.78, 5) is 9.01. The lowest BCUT2D eigenvalue weighted by atomic mass is 9.89. The molecular weight excluding hydrogens is 404 g/mol. The van der Waals surface area contributed by atoms with Crippen molar-refractivity contribution in [2.24, 2.45) is 5.92 Å². The molecule has 0 amide bonds. The summed E-state index contributed by atoms with van der Waals surface area (Å²) in [6, 6.07) is 21.1. The van der Waals surface area contributed by atoms with Gasteiger partial charge in [-0.3, -0.25) is 4.98 Å². The van der Waals surface area contributed by atoms with Gasteiger partial charge in [0.05, 0.1) is 30.5 Å². The van der Waals surface area contributed by atoms with Crippen molar-refractivity contribution in [1.29, 1.82) is 0 Å². The first-order chi connectivity index (χ1) is 15.7. The largest absolute Gasteiger partial charge is 0.493 e. The molecule has 1 aliphatic rings. The molecule has 0 radical (unpaired) electrons. The van der Waals surface area contributed by atoms with Gasteiger partial charge in [-0.05, 0) is 54.4 Å². The summed E-state index contributed by atoms with van der Waals surface area (Å²) >= 11 is 0. The normalized spacial score (nSPS) is 17.6. The maximum absolute atomic E-state index is 11.0. The molecule has 0 fully saturated rings. The highest BCUT2D eigenvalue weighted by Gasteiger charge is 2.30. The summed E-state index contributed by atoms with van der Waals surface area (Å²) in [6.07, 6.45) is 1.54. The van der Waals surface area contributed by atoms with Crippen LogP contribution >= 0.6 is 0 Å². The number of aliphatic hydroxyl groups is 2. The van der Waals surface area contributed by atoms with Crippen molar-refractivity contribution in [2.75, 3.05) is 6.61 Å². The number of aliphatic hydroxyl groups excluding tert-OH is 2. The first-order valence-electron chi connectivity index (χ1n) is 10.7. The van der Waals surface area contributed by atoms with Crippen LogP contribution in [-0.2, 0) is 19.6 Å². The van der Waals surface area contributed by atoms with Crippen molar-refractivity contribution in [3.63, 3.8) is 0 Å². The van der Waals surface area contributed by atoms with E-state index in [1.165, 1.54) is 0 Å². The molecule has 0 saturated carbocycles. The number of nitrogens with zero attached hydrogens (tertiary/aromatic N) is 2. The number of fused-ring (bicyclic) bond motifs is 2. The molecule has 2 N–H and O–H groups in total. The second kappa shape index (κ2) is 8.94. The van der Waals surface area contributed by atoms with Crippen LogP contribution in [0.15, 0.2) is 72.9 Å². The molecule has 0 bridgehead atoms. The van der Waals surface area contributed by atoms with Crippen LogP contribution in [0.3, 0.4) is 0 Å².